The van der Waals surface area contributed by atoms with Crippen LogP contribution < -0.4 is 5.32 Å². The molecular formula is C22H19N5O3. The summed E-state index contributed by atoms with van der Waals surface area (Å²) in [7, 11) is 0. The summed E-state index contributed by atoms with van der Waals surface area (Å²) >= 11 is 0. The molecule has 0 bridgehead atoms. The molecule has 0 saturated heterocycles. The predicted molar refractivity (Wildman–Crippen MR) is 107 cm³/mol. The zero-order valence-corrected chi connectivity index (χ0v) is 16.1. The van der Waals surface area contributed by atoms with E-state index in [1.165, 1.54) is 6.26 Å². The summed E-state index contributed by atoms with van der Waals surface area (Å²) < 4.78 is 7.11. The van der Waals surface area contributed by atoms with Crippen LogP contribution in [0.1, 0.15) is 27.5 Å². The number of rotatable bonds is 4. The summed E-state index contributed by atoms with van der Waals surface area (Å²) in [6, 6.07) is 16.1. The molecule has 30 heavy (non-hydrogen) atoms. The van der Waals surface area contributed by atoms with Crippen LogP contribution in [0.25, 0.3) is 5.65 Å². The van der Waals surface area contributed by atoms with Gasteiger partial charge in [-0.25, -0.2) is 0 Å². The van der Waals surface area contributed by atoms with Crippen molar-refractivity contribution in [2.24, 2.45) is 0 Å². The van der Waals surface area contributed by atoms with Gasteiger partial charge in [-0.3, -0.25) is 14.0 Å². The molecule has 0 unspecified atom stereocenters. The van der Waals surface area contributed by atoms with Crippen molar-refractivity contribution in [3.05, 3.63) is 89.8 Å². The lowest BCUT2D eigenvalue weighted by Gasteiger charge is -2.35. The number of nitrogens with one attached hydrogen (secondary N) is 1. The summed E-state index contributed by atoms with van der Waals surface area (Å²) in [5.74, 6) is 0.300. The number of nitrogens with zero attached hydrogens (tertiary/aromatic N) is 4. The minimum absolute atomic E-state index is 0.213. The van der Waals surface area contributed by atoms with E-state index in [1.807, 2.05) is 53.1 Å². The molecule has 0 saturated carbocycles. The van der Waals surface area contributed by atoms with Gasteiger partial charge in [0.05, 0.1) is 12.8 Å². The van der Waals surface area contributed by atoms with Gasteiger partial charge in [-0.15, -0.1) is 10.2 Å². The third-order valence-corrected chi connectivity index (χ3v) is 5.35. The average Bonchev–Trinajstić information content (AvgIpc) is 3.46. The van der Waals surface area contributed by atoms with E-state index in [0.29, 0.717) is 24.4 Å². The summed E-state index contributed by atoms with van der Waals surface area (Å²) in [5, 5.41) is 11.2. The minimum Gasteiger partial charge on any atom is -0.459 e. The number of amides is 2. The van der Waals surface area contributed by atoms with Crippen molar-refractivity contribution in [2.75, 3.05) is 0 Å². The number of carbonyl (C=O) groups is 2. The highest BCUT2D eigenvalue weighted by Crippen LogP contribution is 2.25. The molecular weight excluding hydrogens is 382 g/mol. The monoisotopic (exact) mass is 401 g/mol. The fraction of sp³-hybridized carbons (Fsp3) is 0.182. The summed E-state index contributed by atoms with van der Waals surface area (Å²) in [6.07, 6.45) is 3.74. The molecule has 8 nitrogen and oxygen atoms in total. The molecule has 150 valence electrons. The van der Waals surface area contributed by atoms with Gasteiger partial charge in [0.25, 0.3) is 5.91 Å². The highest BCUT2D eigenvalue weighted by Gasteiger charge is 2.35. The van der Waals surface area contributed by atoms with Crippen LogP contribution in [-0.4, -0.2) is 37.4 Å². The van der Waals surface area contributed by atoms with E-state index in [-0.39, 0.29) is 24.1 Å². The van der Waals surface area contributed by atoms with Crippen LogP contribution in [0.15, 0.2) is 71.5 Å². The molecule has 5 rings (SSSR count). The fourth-order valence-electron chi connectivity index (χ4n) is 3.81. The van der Waals surface area contributed by atoms with Crippen LogP contribution in [0.5, 0.6) is 0 Å². The number of fused-ring (bicyclic) bond motifs is 2. The Balaban J connectivity index is 1.39. The lowest BCUT2D eigenvalue weighted by atomic mass is 9.93. The molecule has 4 heterocycles. The van der Waals surface area contributed by atoms with Crippen molar-refractivity contribution < 1.29 is 14.0 Å². The first-order chi connectivity index (χ1) is 14.7. The van der Waals surface area contributed by atoms with Gasteiger partial charge in [-0.1, -0.05) is 30.3 Å². The second-order valence-corrected chi connectivity index (χ2v) is 7.16. The van der Waals surface area contributed by atoms with Crippen molar-refractivity contribution in [2.45, 2.75) is 25.6 Å². The van der Waals surface area contributed by atoms with E-state index < -0.39 is 6.04 Å². The molecule has 0 aliphatic carbocycles. The van der Waals surface area contributed by atoms with Crippen LogP contribution in [-0.2, 0) is 24.3 Å². The van der Waals surface area contributed by atoms with Crippen LogP contribution in [0.2, 0.25) is 0 Å². The van der Waals surface area contributed by atoms with Gasteiger partial charge < -0.3 is 14.6 Å². The van der Waals surface area contributed by atoms with Crippen molar-refractivity contribution in [1.82, 2.24) is 24.8 Å². The number of benzene rings is 1. The second-order valence-electron chi connectivity index (χ2n) is 7.16. The molecule has 1 aromatic carbocycles. The Labute approximate surface area is 172 Å². The van der Waals surface area contributed by atoms with E-state index >= 15 is 0 Å². The number of pyridine rings is 1. The van der Waals surface area contributed by atoms with E-state index in [4.69, 9.17) is 4.42 Å². The number of aromatic nitrogens is 3. The van der Waals surface area contributed by atoms with Gasteiger partial charge in [0, 0.05) is 19.2 Å². The maximum Gasteiger partial charge on any atom is 0.290 e. The first-order valence-electron chi connectivity index (χ1n) is 9.68. The van der Waals surface area contributed by atoms with Gasteiger partial charge in [0.15, 0.2) is 17.2 Å². The Morgan fingerprint density at radius 1 is 1.03 bits per heavy atom. The van der Waals surface area contributed by atoms with Crippen LogP contribution in [0.4, 0.5) is 0 Å². The Morgan fingerprint density at radius 3 is 2.70 bits per heavy atom. The predicted octanol–water partition coefficient (Wildman–Crippen LogP) is 2.21. The zero-order chi connectivity index (χ0) is 20.5. The van der Waals surface area contributed by atoms with E-state index in [9.17, 15) is 9.59 Å². The van der Waals surface area contributed by atoms with E-state index in [0.717, 1.165) is 11.1 Å². The van der Waals surface area contributed by atoms with Crippen molar-refractivity contribution >= 4 is 17.5 Å². The largest absolute Gasteiger partial charge is 0.459 e. The fourth-order valence-corrected chi connectivity index (χ4v) is 3.81. The Morgan fingerprint density at radius 2 is 1.87 bits per heavy atom. The zero-order valence-electron chi connectivity index (χ0n) is 16.1. The number of hydrogen-bond acceptors (Lipinski definition) is 5. The first kappa shape index (κ1) is 18.1. The van der Waals surface area contributed by atoms with E-state index in [2.05, 4.69) is 15.5 Å². The topological polar surface area (TPSA) is 92.7 Å². The van der Waals surface area contributed by atoms with Gasteiger partial charge in [0.1, 0.15) is 6.04 Å². The minimum atomic E-state index is -0.642. The van der Waals surface area contributed by atoms with Gasteiger partial charge in [0.2, 0.25) is 5.91 Å². The molecule has 1 aliphatic heterocycles. The average molecular weight is 401 g/mol. The number of hydrogen-bond donors (Lipinski definition) is 1. The quantitative estimate of drug-likeness (QED) is 0.566. The first-order valence-corrected chi connectivity index (χ1v) is 9.68. The van der Waals surface area contributed by atoms with Gasteiger partial charge >= 0.3 is 0 Å². The lowest BCUT2D eigenvalue weighted by molar-refractivity contribution is -0.126. The Kier molecular flexibility index (Phi) is 4.51. The van der Waals surface area contributed by atoms with Crippen LogP contribution in [0.3, 0.4) is 0 Å². The van der Waals surface area contributed by atoms with E-state index in [1.54, 1.807) is 17.0 Å². The normalized spacial score (nSPS) is 15.7. The molecule has 0 fully saturated rings. The molecule has 1 atom stereocenters. The molecule has 2 amide bonds. The Bertz CT molecular complexity index is 1210. The highest BCUT2D eigenvalue weighted by atomic mass is 16.3. The number of carbonyl (C=O) groups excluding carboxylic acids is 2. The molecule has 1 aliphatic rings. The molecule has 8 heteroatoms. The second kappa shape index (κ2) is 7.47. The smallest absolute Gasteiger partial charge is 0.290 e. The standard InChI is InChI=1S/C22H19N5O3/c28-21(23-13-20-25-24-19-9-3-4-10-26(19)20)17-12-15-6-1-2-7-16(15)14-27(17)22(29)18-8-5-11-30-18/h1-11,17H,12-14H2,(H,23,28)/t17-/m0/s1. The summed E-state index contributed by atoms with van der Waals surface area (Å²) in [4.78, 5) is 27.7. The van der Waals surface area contributed by atoms with Crippen LogP contribution >= 0.6 is 0 Å². The molecule has 4 aromatic rings. The third-order valence-electron chi connectivity index (χ3n) is 5.35. The summed E-state index contributed by atoms with van der Waals surface area (Å²) in [5.41, 5.74) is 2.81. The van der Waals surface area contributed by atoms with Gasteiger partial charge in [-0.2, -0.15) is 0 Å². The molecule has 1 N–H and O–H groups in total. The summed E-state index contributed by atoms with van der Waals surface area (Å²) in [6.45, 7) is 0.562. The maximum atomic E-state index is 13.1. The van der Waals surface area contributed by atoms with Gasteiger partial charge in [-0.05, 0) is 35.4 Å². The van der Waals surface area contributed by atoms with Crippen molar-refractivity contribution in [1.29, 1.82) is 0 Å². The van der Waals surface area contributed by atoms with Crippen LogP contribution in [0, 0.1) is 0 Å². The maximum absolute atomic E-state index is 13.1. The highest BCUT2D eigenvalue weighted by molar-refractivity contribution is 5.96. The SMILES string of the molecule is O=C(NCc1nnc2ccccn12)[C@@H]1Cc2ccccc2CN1C(=O)c1ccco1. The molecule has 0 spiro atoms. The van der Waals surface area contributed by atoms with Crippen molar-refractivity contribution in [3.63, 3.8) is 0 Å². The molecule has 0 radical (unpaired) electrons. The van der Waals surface area contributed by atoms with Crippen molar-refractivity contribution in [3.8, 4) is 0 Å². The molecule has 3 aromatic heterocycles. The lowest BCUT2D eigenvalue weighted by Crippen LogP contribution is -2.52. The number of furan rings is 1. The Hall–Kier alpha value is -3.94. The third kappa shape index (κ3) is 3.22.